The van der Waals surface area contributed by atoms with E-state index in [1.807, 2.05) is 0 Å². The van der Waals surface area contributed by atoms with Crippen LogP contribution >= 0.6 is 0 Å². The van der Waals surface area contributed by atoms with Gasteiger partial charge in [-0.3, -0.25) is 4.79 Å². The minimum Gasteiger partial charge on any atom is -0.374 e. The van der Waals surface area contributed by atoms with Crippen molar-refractivity contribution >= 4 is 5.91 Å². The van der Waals surface area contributed by atoms with Gasteiger partial charge in [0.05, 0.1) is 19.3 Å². The molecule has 0 aliphatic carbocycles. The number of hydrogen-bond acceptors (Lipinski definition) is 2. The van der Waals surface area contributed by atoms with Crippen molar-refractivity contribution in [3.63, 3.8) is 0 Å². The minimum absolute atomic E-state index is 0.00569. The lowest BCUT2D eigenvalue weighted by Gasteiger charge is -2.26. The van der Waals surface area contributed by atoms with Gasteiger partial charge in [-0.05, 0) is 18.1 Å². The Kier molecular flexibility index (Phi) is 2.73. The number of fused-ring (bicyclic) bond motifs is 1. The third kappa shape index (κ3) is 2.18. The fourth-order valence-electron chi connectivity index (χ4n) is 1.91. The molecule has 3 nitrogen and oxygen atoms in total. The van der Waals surface area contributed by atoms with Crippen LogP contribution in [-0.4, -0.2) is 12.5 Å². The summed E-state index contributed by atoms with van der Waals surface area (Å²) in [6, 6.07) is 6.27. The highest BCUT2D eigenvalue weighted by Crippen LogP contribution is 2.25. The molecule has 1 aliphatic heterocycles. The highest BCUT2D eigenvalue weighted by Gasteiger charge is 2.21. The van der Waals surface area contributed by atoms with Gasteiger partial charge in [0.15, 0.2) is 0 Å². The SMILES string of the molecule is CC(=O)N[C@@H]1COCc2ccc(C)cc21. The summed E-state index contributed by atoms with van der Waals surface area (Å²) in [5, 5.41) is 2.90. The molecule has 1 aromatic carbocycles. The molecule has 1 atom stereocenters. The van der Waals surface area contributed by atoms with Gasteiger partial charge >= 0.3 is 0 Å². The Bertz CT molecular complexity index is 387. The molecule has 1 aromatic rings. The summed E-state index contributed by atoms with van der Waals surface area (Å²) in [5.74, 6) is -0.0158. The number of hydrogen-bond donors (Lipinski definition) is 1. The van der Waals surface area contributed by atoms with Crippen molar-refractivity contribution in [2.75, 3.05) is 6.61 Å². The predicted molar refractivity (Wildman–Crippen MR) is 57.4 cm³/mol. The smallest absolute Gasteiger partial charge is 0.217 e. The summed E-state index contributed by atoms with van der Waals surface area (Å²) in [5.41, 5.74) is 3.58. The molecule has 0 bridgehead atoms. The summed E-state index contributed by atoms with van der Waals surface area (Å²) in [6.45, 7) is 4.80. The van der Waals surface area contributed by atoms with Crippen LogP contribution in [0.4, 0.5) is 0 Å². The van der Waals surface area contributed by atoms with Crippen LogP contribution in [0, 0.1) is 6.92 Å². The molecular weight excluding hydrogens is 190 g/mol. The largest absolute Gasteiger partial charge is 0.374 e. The minimum atomic E-state index is -0.0158. The van der Waals surface area contributed by atoms with Gasteiger partial charge in [-0.1, -0.05) is 23.8 Å². The fourth-order valence-corrected chi connectivity index (χ4v) is 1.91. The second kappa shape index (κ2) is 4.03. The average Bonchev–Trinajstić information content (AvgIpc) is 2.18. The third-order valence-electron chi connectivity index (χ3n) is 2.60. The third-order valence-corrected chi connectivity index (χ3v) is 2.60. The van der Waals surface area contributed by atoms with E-state index < -0.39 is 0 Å². The number of carbonyl (C=O) groups is 1. The van der Waals surface area contributed by atoms with Gasteiger partial charge in [-0.25, -0.2) is 0 Å². The Labute approximate surface area is 89.4 Å². The first-order valence-electron chi connectivity index (χ1n) is 5.11. The van der Waals surface area contributed by atoms with Crippen molar-refractivity contribution in [2.45, 2.75) is 26.5 Å². The van der Waals surface area contributed by atoms with Crippen LogP contribution in [0.25, 0.3) is 0 Å². The lowest BCUT2D eigenvalue weighted by molar-refractivity contribution is -0.120. The maximum atomic E-state index is 11.0. The first-order chi connectivity index (χ1) is 7.16. The van der Waals surface area contributed by atoms with Crippen molar-refractivity contribution in [3.8, 4) is 0 Å². The Morgan fingerprint density at radius 2 is 2.33 bits per heavy atom. The summed E-state index contributed by atoms with van der Waals surface area (Å²) >= 11 is 0. The molecule has 0 saturated carbocycles. The van der Waals surface area contributed by atoms with Gasteiger partial charge in [0.25, 0.3) is 0 Å². The van der Waals surface area contributed by atoms with Crippen LogP contribution in [0.15, 0.2) is 18.2 Å². The highest BCUT2D eigenvalue weighted by molar-refractivity contribution is 5.73. The van der Waals surface area contributed by atoms with E-state index in [0.717, 1.165) is 0 Å². The van der Waals surface area contributed by atoms with Crippen LogP contribution in [-0.2, 0) is 16.1 Å². The molecule has 0 saturated heterocycles. The van der Waals surface area contributed by atoms with Crippen LogP contribution in [0.3, 0.4) is 0 Å². The molecule has 2 rings (SSSR count). The molecule has 80 valence electrons. The Morgan fingerprint density at radius 1 is 1.53 bits per heavy atom. The van der Waals surface area contributed by atoms with E-state index in [2.05, 4.69) is 30.4 Å². The van der Waals surface area contributed by atoms with E-state index in [1.165, 1.54) is 23.6 Å². The quantitative estimate of drug-likeness (QED) is 0.757. The molecule has 3 heteroatoms. The molecule has 0 radical (unpaired) electrons. The summed E-state index contributed by atoms with van der Waals surface area (Å²) in [6.07, 6.45) is 0. The molecule has 0 fully saturated rings. The monoisotopic (exact) mass is 205 g/mol. The van der Waals surface area contributed by atoms with Crippen LogP contribution in [0.1, 0.15) is 29.7 Å². The average molecular weight is 205 g/mol. The number of rotatable bonds is 1. The number of amides is 1. The Balaban J connectivity index is 2.32. The van der Waals surface area contributed by atoms with E-state index >= 15 is 0 Å². The molecule has 1 N–H and O–H groups in total. The zero-order valence-electron chi connectivity index (χ0n) is 9.04. The van der Waals surface area contributed by atoms with Crippen molar-refractivity contribution in [2.24, 2.45) is 0 Å². The van der Waals surface area contributed by atoms with Gasteiger partial charge in [0.1, 0.15) is 0 Å². The molecule has 1 aliphatic rings. The molecule has 1 heterocycles. The van der Waals surface area contributed by atoms with Gasteiger partial charge in [0, 0.05) is 6.92 Å². The number of nitrogens with one attached hydrogen (secondary N) is 1. The lowest BCUT2D eigenvalue weighted by Crippen LogP contribution is -2.32. The number of ether oxygens (including phenoxy) is 1. The molecule has 0 unspecified atom stereocenters. The summed E-state index contributed by atoms with van der Waals surface area (Å²) < 4.78 is 5.43. The summed E-state index contributed by atoms with van der Waals surface area (Å²) in [7, 11) is 0. The number of benzene rings is 1. The van der Waals surface area contributed by atoms with Gasteiger partial charge < -0.3 is 10.1 Å². The maximum Gasteiger partial charge on any atom is 0.217 e. The van der Waals surface area contributed by atoms with Gasteiger partial charge in [0.2, 0.25) is 5.91 Å². The fraction of sp³-hybridized carbons (Fsp3) is 0.417. The first-order valence-corrected chi connectivity index (χ1v) is 5.11. The summed E-state index contributed by atoms with van der Waals surface area (Å²) in [4.78, 5) is 11.0. The van der Waals surface area contributed by atoms with Gasteiger partial charge in [-0.15, -0.1) is 0 Å². The van der Waals surface area contributed by atoms with E-state index in [9.17, 15) is 4.79 Å². The Morgan fingerprint density at radius 3 is 3.07 bits per heavy atom. The van der Waals surface area contributed by atoms with Crippen LogP contribution in [0.5, 0.6) is 0 Å². The number of aryl methyl sites for hydroxylation is 1. The Hall–Kier alpha value is -1.35. The molecule has 0 aromatic heterocycles. The second-order valence-corrected chi connectivity index (χ2v) is 3.97. The van der Waals surface area contributed by atoms with E-state index in [4.69, 9.17) is 4.74 Å². The highest BCUT2D eigenvalue weighted by atomic mass is 16.5. The van der Waals surface area contributed by atoms with Crippen molar-refractivity contribution in [3.05, 3.63) is 34.9 Å². The molecule has 1 amide bonds. The normalized spacial score (nSPS) is 19.5. The number of carbonyl (C=O) groups excluding carboxylic acids is 1. The zero-order valence-corrected chi connectivity index (χ0v) is 9.04. The standard InChI is InChI=1S/C12H15NO2/c1-8-3-4-10-6-15-7-12(11(10)5-8)13-9(2)14/h3-5,12H,6-7H2,1-2H3,(H,13,14)/t12-/m1/s1. The van der Waals surface area contributed by atoms with Crippen LogP contribution in [0.2, 0.25) is 0 Å². The van der Waals surface area contributed by atoms with E-state index in [1.54, 1.807) is 0 Å². The van der Waals surface area contributed by atoms with E-state index in [-0.39, 0.29) is 11.9 Å². The molecular formula is C12H15NO2. The van der Waals surface area contributed by atoms with E-state index in [0.29, 0.717) is 13.2 Å². The maximum absolute atomic E-state index is 11.0. The van der Waals surface area contributed by atoms with Crippen molar-refractivity contribution < 1.29 is 9.53 Å². The molecule has 15 heavy (non-hydrogen) atoms. The zero-order chi connectivity index (χ0) is 10.8. The molecule has 0 spiro atoms. The second-order valence-electron chi connectivity index (χ2n) is 3.97. The first kappa shape index (κ1) is 10.2. The van der Waals surface area contributed by atoms with Crippen LogP contribution < -0.4 is 5.32 Å². The van der Waals surface area contributed by atoms with Crippen molar-refractivity contribution in [1.82, 2.24) is 5.32 Å². The van der Waals surface area contributed by atoms with Crippen molar-refractivity contribution in [1.29, 1.82) is 0 Å². The van der Waals surface area contributed by atoms with Gasteiger partial charge in [-0.2, -0.15) is 0 Å². The predicted octanol–water partition coefficient (Wildman–Crippen LogP) is 1.70. The topological polar surface area (TPSA) is 38.3 Å². The lowest BCUT2D eigenvalue weighted by atomic mass is 9.97.